The van der Waals surface area contributed by atoms with Crippen LogP contribution < -0.4 is 9.80 Å². The van der Waals surface area contributed by atoms with Crippen LogP contribution in [0.4, 0.5) is 26.2 Å². The van der Waals surface area contributed by atoms with Gasteiger partial charge in [0.25, 0.3) is 0 Å². The summed E-state index contributed by atoms with van der Waals surface area (Å²) in [4.78, 5) is 13.2. The SMILES string of the molecule is CCc1c(-c2cccc(O)c2)nc(N2CCOCC2)nc1N(C)c1ccc(F)cc1F. The number of anilines is 3. The monoisotopic (exact) mass is 426 g/mol. The van der Waals surface area contributed by atoms with Crippen LogP contribution in [0.5, 0.6) is 5.75 Å². The summed E-state index contributed by atoms with van der Waals surface area (Å²) in [5.74, 6) is -0.144. The first-order valence-corrected chi connectivity index (χ1v) is 10.2. The van der Waals surface area contributed by atoms with Gasteiger partial charge in [-0.15, -0.1) is 0 Å². The van der Waals surface area contributed by atoms with Crippen LogP contribution in [0.1, 0.15) is 12.5 Å². The summed E-state index contributed by atoms with van der Waals surface area (Å²) in [6.07, 6.45) is 0.580. The third-order valence-corrected chi connectivity index (χ3v) is 5.33. The molecule has 162 valence electrons. The second-order valence-corrected chi connectivity index (χ2v) is 7.33. The molecule has 1 saturated heterocycles. The molecule has 0 radical (unpaired) electrons. The van der Waals surface area contributed by atoms with Crippen LogP contribution in [0.2, 0.25) is 0 Å². The van der Waals surface area contributed by atoms with Gasteiger partial charge in [-0.2, -0.15) is 4.98 Å². The topological polar surface area (TPSA) is 61.7 Å². The van der Waals surface area contributed by atoms with Gasteiger partial charge in [-0.25, -0.2) is 13.8 Å². The molecule has 8 heteroatoms. The first kappa shape index (κ1) is 21.0. The lowest BCUT2D eigenvalue weighted by Crippen LogP contribution is -2.37. The number of phenolic OH excluding ortho intramolecular Hbond substituents is 1. The van der Waals surface area contributed by atoms with Crippen molar-refractivity contribution in [3.05, 3.63) is 59.7 Å². The van der Waals surface area contributed by atoms with Crippen molar-refractivity contribution < 1.29 is 18.6 Å². The standard InChI is InChI=1S/C23H24F2N4O2/c1-3-18-21(15-5-4-6-17(30)13-15)26-23(29-9-11-31-12-10-29)27-22(18)28(2)20-8-7-16(24)14-19(20)25/h4-8,13-14,30H,3,9-12H2,1-2H3. The van der Waals surface area contributed by atoms with Crippen LogP contribution in [0.15, 0.2) is 42.5 Å². The van der Waals surface area contributed by atoms with Gasteiger partial charge in [0.2, 0.25) is 5.95 Å². The maximum absolute atomic E-state index is 14.6. The number of nitrogens with zero attached hydrogens (tertiary/aromatic N) is 4. The van der Waals surface area contributed by atoms with Gasteiger partial charge in [0.1, 0.15) is 23.2 Å². The zero-order valence-corrected chi connectivity index (χ0v) is 17.5. The quantitative estimate of drug-likeness (QED) is 0.657. The van der Waals surface area contributed by atoms with Crippen LogP contribution in [0, 0.1) is 11.6 Å². The lowest BCUT2D eigenvalue weighted by atomic mass is 10.0. The molecular formula is C23H24F2N4O2. The van der Waals surface area contributed by atoms with Crippen LogP contribution in [0.25, 0.3) is 11.3 Å². The van der Waals surface area contributed by atoms with E-state index in [-0.39, 0.29) is 11.4 Å². The molecule has 1 fully saturated rings. The highest BCUT2D eigenvalue weighted by Crippen LogP contribution is 2.36. The maximum Gasteiger partial charge on any atom is 0.228 e. The summed E-state index contributed by atoms with van der Waals surface area (Å²) >= 11 is 0. The average Bonchev–Trinajstić information content (AvgIpc) is 2.78. The third kappa shape index (κ3) is 4.29. The Morgan fingerprint density at radius 2 is 1.87 bits per heavy atom. The Balaban J connectivity index is 1.90. The molecule has 0 atom stereocenters. The van der Waals surface area contributed by atoms with Gasteiger partial charge in [-0.1, -0.05) is 19.1 Å². The van der Waals surface area contributed by atoms with Gasteiger partial charge >= 0.3 is 0 Å². The molecule has 1 aliphatic rings. The molecule has 0 aliphatic carbocycles. The summed E-state index contributed by atoms with van der Waals surface area (Å²) in [7, 11) is 1.70. The molecule has 0 bridgehead atoms. The number of aromatic nitrogens is 2. The molecule has 1 aromatic heterocycles. The lowest BCUT2D eigenvalue weighted by Gasteiger charge is -2.30. The van der Waals surface area contributed by atoms with Gasteiger partial charge in [0, 0.05) is 37.3 Å². The Labute approximate surface area is 179 Å². The van der Waals surface area contributed by atoms with E-state index in [1.165, 1.54) is 12.1 Å². The molecule has 31 heavy (non-hydrogen) atoms. The summed E-state index contributed by atoms with van der Waals surface area (Å²) in [5, 5.41) is 10.0. The minimum atomic E-state index is -0.671. The van der Waals surface area contributed by atoms with E-state index >= 15 is 0 Å². The number of hydrogen-bond acceptors (Lipinski definition) is 6. The van der Waals surface area contributed by atoms with Gasteiger partial charge in [0.15, 0.2) is 0 Å². The number of aromatic hydroxyl groups is 1. The Bertz CT molecular complexity index is 1090. The fraction of sp³-hybridized carbons (Fsp3) is 0.304. The second kappa shape index (κ2) is 8.85. The molecule has 3 aromatic rings. The average molecular weight is 426 g/mol. The predicted molar refractivity (Wildman–Crippen MR) is 116 cm³/mol. The van der Waals surface area contributed by atoms with Crippen molar-refractivity contribution in [2.24, 2.45) is 0 Å². The first-order chi connectivity index (χ1) is 15.0. The summed E-state index contributed by atoms with van der Waals surface area (Å²) < 4.78 is 33.5. The van der Waals surface area contributed by atoms with E-state index in [9.17, 15) is 13.9 Å². The fourth-order valence-corrected chi connectivity index (χ4v) is 3.73. The van der Waals surface area contributed by atoms with Crippen molar-refractivity contribution >= 4 is 17.5 Å². The Morgan fingerprint density at radius 3 is 2.55 bits per heavy atom. The Morgan fingerprint density at radius 1 is 1.10 bits per heavy atom. The van der Waals surface area contributed by atoms with Crippen molar-refractivity contribution in [3.63, 3.8) is 0 Å². The van der Waals surface area contributed by atoms with E-state index in [1.807, 2.05) is 17.9 Å². The normalized spacial score (nSPS) is 14.0. The molecular weight excluding hydrogens is 402 g/mol. The maximum atomic E-state index is 14.6. The van der Waals surface area contributed by atoms with Crippen molar-refractivity contribution in [1.29, 1.82) is 0 Å². The highest BCUT2D eigenvalue weighted by atomic mass is 19.1. The Hall–Kier alpha value is -3.26. The van der Waals surface area contributed by atoms with Crippen molar-refractivity contribution in [1.82, 2.24) is 9.97 Å². The van der Waals surface area contributed by atoms with E-state index in [2.05, 4.69) is 0 Å². The molecule has 0 unspecified atom stereocenters. The van der Waals surface area contributed by atoms with Gasteiger partial charge < -0.3 is 19.6 Å². The highest BCUT2D eigenvalue weighted by molar-refractivity contribution is 5.75. The highest BCUT2D eigenvalue weighted by Gasteiger charge is 2.23. The van der Waals surface area contributed by atoms with Crippen LogP contribution >= 0.6 is 0 Å². The number of phenols is 1. The zero-order valence-electron chi connectivity index (χ0n) is 17.5. The third-order valence-electron chi connectivity index (χ3n) is 5.33. The molecule has 2 aromatic carbocycles. The molecule has 1 N–H and O–H groups in total. The molecule has 4 rings (SSSR count). The summed E-state index contributed by atoms with van der Waals surface area (Å²) in [5.41, 5.74) is 2.42. The second-order valence-electron chi connectivity index (χ2n) is 7.33. The smallest absolute Gasteiger partial charge is 0.228 e. The molecule has 0 saturated carbocycles. The number of ether oxygens (including phenoxy) is 1. The summed E-state index contributed by atoms with van der Waals surface area (Å²) in [6.45, 7) is 4.38. The van der Waals surface area contributed by atoms with E-state index in [0.717, 1.165) is 17.2 Å². The minimum absolute atomic E-state index is 0.130. The fourth-order valence-electron chi connectivity index (χ4n) is 3.73. The number of rotatable bonds is 5. The van der Waals surface area contributed by atoms with Gasteiger partial charge in [-0.05, 0) is 30.7 Å². The number of benzene rings is 2. The van der Waals surface area contributed by atoms with E-state index in [4.69, 9.17) is 14.7 Å². The predicted octanol–water partition coefficient (Wildman–Crippen LogP) is 4.29. The van der Waals surface area contributed by atoms with Gasteiger partial charge in [0.05, 0.1) is 24.6 Å². The zero-order chi connectivity index (χ0) is 22.0. The number of halogens is 2. The van der Waals surface area contributed by atoms with Crippen molar-refractivity contribution in [2.45, 2.75) is 13.3 Å². The van der Waals surface area contributed by atoms with Crippen molar-refractivity contribution in [3.8, 4) is 17.0 Å². The molecule has 6 nitrogen and oxygen atoms in total. The van der Waals surface area contributed by atoms with E-state index in [0.29, 0.717) is 50.2 Å². The number of morpholine rings is 1. The van der Waals surface area contributed by atoms with E-state index < -0.39 is 11.6 Å². The molecule has 2 heterocycles. The molecule has 1 aliphatic heterocycles. The Kier molecular flexibility index (Phi) is 5.99. The largest absolute Gasteiger partial charge is 0.508 e. The van der Waals surface area contributed by atoms with Crippen LogP contribution in [-0.2, 0) is 11.2 Å². The van der Waals surface area contributed by atoms with Crippen molar-refractivity contribution in [2.75, 3.05) is 43.2 Å². The minimum Gasteiger partial charge on any atom is -0.508 e. The summed E-state index contributed by atoms with van der Waals surface area (Å²) in [6, 6.07) is 10.3. The molecule has 0 spiro atoms. The van der Waals surface area contributed by atoms with Crippen LogP contribution in [-0.4, -0.2) is 48.4 Å². The van der Waals surface area contributed by atoms with E-state index in [1.54, 1.807) is 30.1 Å². The molecule has 0 amide bonds. The van der Waals surface area contributed by atoms with Crippen LogP contribution in [0.3, 0.4) is 0 Å². The lowest BCUT2D eigenvalue weighted by molar-refractivity contribution is 0.122. The van der Waals surface area contributed by atoms with Gasteiger partial charge in [-0.3, -0.25) is 0 Å². The number of hydrogen-bond donors (Lipinski definition) is 1. The first-order valence-electron chi connectivity index (χ1n) is 10.2.